The summed E-state index contributed by atoms with van der Waals surface area (Å²) >= 11 is 0. The molecule has 0 spiro atoms. The fraction of sp³-hybridized carbons (Fsp3) is 0.364. The average molecular weight is 236 g/mol. The van der Waals surface area contributed by atoms with Crippen molar-refractivity contribution in [1.29, 1.82) is 0 Å². The summed E-state index contributed by atoms with van der Waals surface area (Å²) in [6.07, 6.45) is 1.65. The normalized spacial score (nSPS) is 12.9. The second kappa shape index (κ2) is 6.47. The van der Waals surface area contributed by atoms with Crippen molar-refractivity contribution in [1.82, 2.24) is 4.98 Å². The van der Waals surface area contributed by atoms with Crippen molar-refractivity contribution in [3.63, 3.8) is 0 Å². The highest BCUT2D eigenvalue weighted by Crippen LogP contribution is 2.00. The fourth-order valence-corrected chi connectivity index (χ4v) is 1.12. The molecule has 92 valence electrons. The van der Waals surface area contributed by atoms with Gasteiger partial charge in [-0.15, -0.1) is 0 Å². The number of anilines is 1. The van der Waals surface area contributed by atoms with E-state index < -0.39 is 0 Å². The Balaban J connectivity index is 2.48. The number of hydrogen-bond donors (Lipinski definition) is 2. The summed E-state index contributed by atoms with van der Waals surface area (Å²) < 4.78 is 4.58. The Morgan fingerprint density at radius 3 is 3.00 bits per heavy atom. The number of guanidine groups is 1. The first-order chi connectivity index (χ1) is 8.13. The van der Waals surface area contributed by atoms with E-state index in [-0.39, 0.29) is 24.4 Å². The van der Waals surface area contributed by atoms with Crippen molar-refractivity contribution >= 4 is 17.7 Å². The second-order valence-electron chi connectivity index (χ2n) is 3.49. The molecule has 0 saturated carbocycles. The lowest BCUT2D eigenvalue weighted by atomic mass is 10.2. The molecule has 0 aliphatic rings. The van der Waals surface area contributed by atoms with E-state index in [0.717, 1.165) is 0 Å². The summed E-state index contributed by atoms with van der Waals surface area (Å²) in [6.45, 7) is 2.00. The fourth-order valence-electron chi connectivity index (χ4n) is 1.12. The number of methoxy groups -OCH3 is 1. The van der Waals surface area contributed by atoms with Gasteiger partial charge in [0.15, 0.2) is 5.96 Å². The molecule has 1 aromatic rings. The van der Waals surface area contributed by atoms with E-state index in [1.165, 1.54) is 7.11 Å². The monoisotopic (exact) mass is 236 g/mol. The van der Waals surface area contributed by atoms with Crippen molar-refractivity contribution in [3.05, 3.63) is 24.4 Å². The van der Waals surface area contributed by atoms with Gasteiger partial charge in [0, 0.05) is 6.20 Å². The summed E-state index contributed by atoms with van der Waals surface area (Å²) in [5, 5.41) is 2.82. The van der Waals surface area contributed by atoms with Gasteiger partial charge >= 0.3 is 5.97 Å². The number of hydrogen-bond acceptors (Lipinski definition) is 4. The van der Waals surface area contributed by atoms with Crippen LogP contribution in [0.15, 0.2) is 29.4 Å². The van der Waals surface area contributed by atoms with Crippen molar-refractivity contribution < 1.29 is 9.53 Å². The van der Waals surface area contributed by atoms with Gasteiger partial charge in [-0.25, -0.2) is 4.98 Å². The molecule has 0 saturated heterocycles. The zero-order valence-electron chi connectivity index (χ0n) is 9.88. The highest BCUT2D eigenvalue weighted by atomic mass is 16.5. The molecule has 0 fully saturated rings. The number of carbonyl (C=O) groups excluding carboxylic acids is 1. The summed E-state index contributed by atoms with van der Waals surface area (Å²) in [5.41, 5.74) is 5.64. The smallest absolute Gasteiger partial charge is 0.310 e. The van der Waals surface area contributed by atoms with Crippen LogP contribution in [0.3, 0.4) is 0 Å². The van der Waals surface area contributed by atoms with E-state index in [1.807, 2.05) is 6.07 Å². The van der Waals surface area contributed by atoms with Crippen molar-refractivity contribution in [2.24, 2.45) is 16.6 Å². The molecule has 3 N–H and O–H groups in total. The van der Waals surface area contributed by atoms with E-state index >= 15 is 0 Å². The molecule has 1 heterocycles. The van der Waals surface area contributed by atoms with E-state index in [2.05, 4.69) is 20.0 Å². The Kier molecular flexibility index (Phi) is 4.93. The molecule has 17 heavy (non-hydrogen) atoms. The molecule has 1 aromatic heterocycles. The first-order valence-electron chi connectivity index (χ1n) is 5.19. The first-order valence-corrected chi connectivity index (χ1v) is 5.19. The SMILES string of the molecule is COC(=O)C(C)CN=C(N)Nc1ccccn1. The van der Waals surface area contributed by atoms with E-state index in [9.17, 15) is 4.79 Å². The number of pyridine rings is 1. The van der Waals surface area contributed by atoms with Crippen LogP contribution < -0.4 is 11.1 Å². The molecular weight excluding hydrogens is 220 g/mol. The number of nitrogens with zero attached hydrogens (tertiary/aromatic N) is 2. The van der Waals surface area contributed by atoms with Crippen LogP contribution in [-0.2, 0) is 9.53 Å². The van der Waals surface area contributed by atoms with Gasteiger partial charge in [0.1, 0.15) is 5.82 Å². The first kappa shape index (κ1) is 13.0. The maximum atomic E-state index is 11.1. The number of rotatable bonds is 4. The topological polar surface area (TPSA) is 89.6 Å². The van der Waals surface area contributed by atoms with Gasteiger partial charge in [-0.05, 0) is 12.1 Å². The number of nitrogens with one attached hydrogen (secondary N) is 1. The van der Waals surface area contributed by atoms with Gasteiger partial charge in [-0.1, -0.05) is 13.0 Å². The van der Waals surface area contributed by atoms with Gasteiger partial charge in [0.25, 0.3) is 0 Å². The van der Waals surface area contributed by atoms with Crippen LogP contribution in [0.25, 0.3) is 0 Å². The highest BCUT2D eigenvalue weighted by Gasteiger charge is 2.11. The summed E-state index contributed by atoms with van der Waals surface area (Å²) in [4.78, 5) is 19.2. The minimum atomic E-state index is -0.316. The Morgan fingerprint density at radius 2 is 2.41 bits per heavy atom. The van der Waals surface area contributed by atoms with Crippen molar-refractivity contribution in [3.8, 4) is 0 Å². The summed E-state index contributed by atoms with van der Waals surface area (Å²) in [5.74, 6) is 0.211. The Hall–Kier alpha value is -2.11. The third-order valence-electron chi connectivity index (χ3n) is 2.06. The predicted molar refractivity (Wildman–Crippen MR) is 65.5 cm³/mol. The highest BCUT2D eigenvalue weighted by molar-refractivity contribution is 5.91. The number of carbonyl (C=O) groups is 1. The average Bonchev–Trinajstić information content (AvgIpc) is 2.36. The van der Waals surface area contributed by atoms with E-state index in [4.69, 9.17) is 5.73 Å². The van der Waals surface area contributed by atoms with Crippen LogP contribution in [0.1, 0.15) is 6.92 Å². The summed E-state index contributed by atoms with van der Waals surface area (Å²) in [7, 11) is 1.35. The molecule has 1 unspecified atom stereocenters. The van der Waals surface area contributed by atoms with E-state index in [0.29, 0.717) is 5.82 Å². The third kappa shape index (κ3) is 4.50. The minimum absolute atomic E-state index is 0.222. The Bertz CT molecular complexity index is 392. The molecule has 0 aliphatic heterocycles. The van der Waals surface area contributed by atoms with Crippen LogP contribution in [0.5, 0.6) is 0 Å². The van der Waals surface area contributed by atoms with Crippen LogP contribution in [-0.4, -0.2) is 30.6 Å². The largest absolute Gasteiger partial charge is 0.469 e. The number of aliphatic imine (C=N–C) groups is 1. The number of aromatic nitrogens is 1. The second-order valence-corrected chi connectivity index (χ2v) is 3.49. The van der Waals surface area contributed by atoms with Gasteiger partial charge in [-0.2, -0.15) is 0 Å². The lowest BCUT2D eigenvalue weighted by Crippen LogP contribution is -2.25. The molecule has 0 radical (unpaired) electrons. The third-order valence-corrected chi connectivity index (χ3v) is 2.06. The molecule has 0 aliphatic carbocycles. The van der Waals surface area contributed by atoms with Crippen LogP contribution in [0.2, 0.25) is 0 Å². The molecule has 1 rings (SSSR count). The Morgan fingerprint density at radius 1 is 1.65 bits per heavy atom. The number of ether oxygens (including phenoxy) is 1. The van der Waals surface area contributed by atoms with Crippen molar-refractivity contribution in [2.45, 2.75) is 6.92 Å². The van der Waals surface area contributed by atoms with Gasteiger partial charge < -0.3 is 15.8 Å². The van der Waals surface area contributed by atoms with Gasteiger partial charge in [0.05, 0.1) is 19.6 Å². The molecule has 0 bridgehead atoms. The molecule has 0 amide bonds. The maximum Gasteiger partial charge on any atom is 0.310 e. The Labute approximate surface area is 99.9 Å². The zero-order chi connectivity index (χ0) is 12.7. The van der Waals surface area contributed by atoms with Crippen LogP contribution in [0.4, 0.5) is 5.82 Å². The van der Waals surface area contributed by atoms with Gasteiger partial charge in [0.2, 0.25) is 0 Å². The van der Waals surface area contributed by atoms with Gasteiger partial charge in [-0.3, -0.25) is 9.79 Å². The van der Waals surface area contributed by atoms with E-state index in [1.54, 1.807) is 25.3 Å². The maximum absolute atomic E-state index is 11.1. The standard InChI is InChI=1S/C11H16N4O2/c1-8(10(16)17-2)7-14-11(12)15-9-5-3-4-6-13-9/h3-6,8H,7H2,1-2H3,(H3,12,13,14,15). The molecule has 6 heteroatoms. The molecule has 1 atom stereocenters. The molecule has 6 nitrogen and oxygen atoms in total. The number of esters is 1. The lowest BCUT2D eigenvalue weighted by Gasteiger charge is -2.07. The molecular formula is C11H16N4O2. The number of nitrogens with two attached hydrogens (primary N) is 1. The van der Waals surface area contributed by atoms with Crippen molar-refractivity contribution in [2.75, 3.05) is 19.0 Å². The zero-order valence-corrected chi connectivity index (χ0v) is 9.88. The quantitative estimate of drug-likeness (QED) is 0.454. The van der Waals surface area contributed by atoms with Crippen LogP contribution >= 0.6 is 0 Å². The summed E-state index contributed by atoms with van der Waals surface area (Å²) in [6, 6.07) is 5.41. The predicted octanol–water partition coefficient (Wildman–Crippen LogP) is 0.617. The molecule has 0 aromatic carbocycles. The minimum Gasteiger partial charge on any atom is -0.469 e. The van der Waals surface area contributed by atoms with Crippen LogP contribution in [0, 0.1) is 5.92 Å². The lowest BCUT2D eigenvalue weighted by molar-refractivity contribution is -0.144.